The highest BCUT2D eigenvalue weighted by molar-refractivity contribution is 6.31. The smallest absolute Gasteiger partial charge is 0.0881 e. The molecule has 23 heavy (non-hydrogen) atoms. The number of aliphatic imine (C=N–C) groups is 1. The van der Waals surface area contributed by atoms with Crippen molar-refractivity contribution < 1.29 is 0 Å². The summed E-state index contributed by atoms with van der Waals surface area (Å²) < 4.78 is 0. The van der Waals surface area contributed by atoms with Gasteiger partial charge in [0.25, 0.3) is 0 Å². The van der Waals surface area contributed by atoms with Gasteiger partial charge in [-0.05, 0) is 30.3 Å². The topological polar surface area (TPSA) is 30.9 Å². The van der Waals surface area contributed by atoms with E-state index >= 15 is 0 Å². The number of fused-ring (bicyclic) bond motifs is 2. The quantitative estimate of drug-likeness (QED) is 0.869. The molecule has 1 N–H and O–H groups in total. The lowest BCUT2D eigenvalue weighted by Crippen LogP contribution is -2.44. The molecule has 4 rings (SSSR count). The number of nitrogens with one attached hydrogen (secondary N) is 1. The van der Waals surface area contributed by atoms with Crippen LogP contribution in [0, 0.1) is 0 Å². The first-order chi connectivity index (χ1) is 11.2. The second-order valence-electron chi connectivity index (χ2n) is 5.90. The van der Waals surface area contributed by atoms with Crippen LogP contribution in [-0.4, -0.2) is 39.4 Å². The molecule has 1 fully saturated rings. The number of hydrogen-bond donors (Lipinski definition) is 1. The largest absolute Gasteiger partial charge is 0.368 e. The lowest BCUT2D eigenvalue weighted by molar-refractivity contribution is 0.589. The number of anilines is 3. The van der Waals surface area contributed by atoms with Gasteiger partial charge in [-0.25, -0.2) is 0 Å². The summed E-state index contributed by atoms with van der Waals surface area (Å²) in [5.74, 6) is 0. The Hall–Kier alpha value is -2.04. The number of benzene rings is 2. The molecule has 0 saturated carbocycles. The van der Waals surface area contributed by atoms with E-state index in [2.05, 4.69) is 40.4 Å². The fourth-order valence-electron chi connectivity index (χ4n) is 3.29. The van der Waals surface area contributed by atoms with Crippen molar-refractivity contribution in [1.82, 2.24) is 5.32 Å². The SMILES string of the molecule is CN1c2ccc(Cl)cc2N=Cc2c(N3CCNCC3)cccc21. The first-order valence-corrected chi connectivity index (χ1v) is 8.28. The van der Waals surface area contributed by atoms with Gasteiger partial charge in [-0.3, -0.25) is 4.99 Å². The molecule has 0 bridgehead atoms. The van der Waals surface area contributed by atoms with Crippen LogP contribution in [0.1, 0.15) is 5.56 Å². The maximum atomic E-state index is 6.13. The molecule has 4 nitrogen and oxygen atoms in total. The summed E-state index contributed by atoms with van der Waals surface area (Å²) in [5, 5.41) is 4.12. The zero-order valence-electron chi connectivity index (χ0n) is 13.1. The van der Waals surface area contributed by atoms with E-state index in [1.807, 2.05) is 24.4 Å². The molecule has 118 valence electrons. The molecule has 2 aromatic rings. The Kier molecular flexibility index (Phi) is 3.71. The summed E-state index contributed by atoms with van der Waals surface area (Å²) in [7, 11) is 2.09. The fraction of sp³-hybridized carbons (Fsp3) is 0.278. The predicted molar refractivity (Wildman–Crippen MR) is 98.3 cm³/mol. The zero-order chi connectivity index (χ0) is 15.8. The number of halogens is 1. The summed E-state index contributed by atoms with van der Waals surface area (Å²) in [4.78, 5) is 9.32. The molecule has 0 aromatic heterocycles. The van der Waals surface area contributed by atoms with E-state index in [-0.39, 0.29) is 0 Å². The van der Waals surface area contributed by atoms with Crippen LogP contribution in [0.25, 0.3) is 0 Å². The van der Waals surface area contributed by atoms with Gasteiger partial charge >= 0.3 is 0 Å². The molecule has 2 heterocycles. The van der Waals surface area contributed by atoms with Crippen molar-refractivity contribution in [3.05, 3.63) is 47.0 Å². The zero-order valence-corrected chi connectivity index (χ0v) is 13.8. The van der Waals surface area contributed by atoms with E-state index < -0.39 is 0 Å². The van der Waals surface area contributed by atoms with Crippen molar-refractivity contribution in [1.29, 1.82) is 0 Å². The molecule has 2 aliphatic heterocycles. The standard InChI is InChI=1S/C18H19ClN4/c1-22-16-3-2-4-17(23-9-7-20-8-10-23)14(16)12-21-15-11-13(19)5-6-18(15)22/h2-6,11-12,20H,7-10H2,1H3. The Morgan fingerprint density at radius 2 is 1.83 bits per heavy atom. The second kappa shape index (κ2) is 5.87. The van der Waals surface area contributed by atoms with Crippen molar-refractivity contribution in [2.75, 3.05) is 43.0 Å². The van der Waals surface area contributed by atoms with Gasteiger partial charge in [0.15, 0.2) is 0 Å². The molecule has 1 saturated heterocycles. The molecule has 0 atom stereocenters. The summed E-state index contributed by atoms with van der Waals surface area (Å²) in [6.07, 6.45) is 1.98. The van der Waals surface area contributed by atoms with Crippen LogP contribution in [0.3, 0.4) is 0 Å². The molecular formula is C18H19ClN4. The van der Waals surface area contributed by atoms with Crippen LogP contribution in [0.2, 0.25) is 5.02 Å². The van der Waals surface area contributed by atoms with Crippen molar-refractivity contribution >= 4 is 40.6 Å². The van der Waals surface area contributed by atoms with E-state index in [9.17, 15) is 0 Å². The van der Waals surface area contributed by atoms with Crippen molar-refractivity contribution in [2.24, 2.45) is 4.99 Å². The van der Waals surface area contributed by atoms with E-state index in [0.29, 0.717) is 5.02 Å². The Morgan fingerprint density at radius 1 is 1.04 bits per heavy atom. The van der Waals surface area contributed by atoms with Crippen LogP contribution in [-0.2, 0) is 0 Å². The molecule has 2 aliphatic rings. The van der Waals surface area contributed by atoms with Crippen LogP contribution >= 0.6 is 11.6 Å². The van der Waals surface area contributed by atoms with Gasteiger partial charge in [-0.1, -0.05) is 17.7 Å². The Balaban J connectivity index is 1.83. The van der Waals surface area contributed by atoms with Crippen molar-refractivity contribution in [3.63, 3.8) is 0 Å². The minimum Gasteiger partial charge on any atom is -0.368 e. The summed E-state index contributed by atoms with van der Waals surface area (Å²) in [6, 6.07) is 12.3. The monoisotopic (exact) mass is 326 g/mol. The van der Waals surface area contributed by atoms with Crippen molar-refractivity contribution in [3.8, 4) is 0 Å². The molecule has 0 aliphatic carbocycles. The average Bonchev–Trinajstić information content (AvgIpc) is 2.73. The number of piperazine rings is 1. The minimum atomic E-state index is 0.711. The predicted octanol–water partition coefficient (Wildman–Crippen LogP) is 3.58. The molecule has 2 aromatic carbocycles. The molecule has 0 spiro atoms. The summed E-state index contributed by atoms with van der Waals surface area (Å²) in [5.41, 5.74) is 5.57. The van der Waals surface area contributed by atoms with E-state index in [0.717, 1.165) is 37.6 Å². The van der Waals surface area contributed by atoms with Gasteiger partial charge in [0.05, 0.1) is 17.1 Å². The van der Waals surface area contributed by atoms with Crippen LogP contribution < -0.4 is 15.1 Å². The molecular weight excluding hydrogens is 308 g/mol. The molecule has 0 amide bonds. The van der Waals surface area contributed by atoms with Crippen LogP contribution in [0.5, 0.6) is 0 Å². The van der Waals surface area contributed by atoms with Gasteiger partial charge in [0, 0.05) is 55.7 Å². The highest BCUT2D eigenvalue weighted by Gasteiger charge is 2.21. The van der Waals surface area contributed by atoms with Gasteiger partial charge in [-0.15, -0.1) is 0 Å². The lowest BCUT2D eigenvalue weighted by Gasteiger charge is -2.32. The highest BCUT2D eigenvalue weighted by atomic mass is 35.5. The van der Waals surface area contributed by atoms with E-state index in [1.54, 1.807) is 0 Å². The minimum absolute atomic E-state index is 0.711. The van der Waals surface area contributed by atoms with Gasteiger partial charge in [0.2, 0.25) is 0 Å². The summed E-state index contributed by atoms with van der Waals surface area (Å²) >= 11 is 6.13. The lowest BCUT2D eigenvalue weighted by atomic mass is 10.1. The molecule has 5 heteroatoms. The molecule has 0 unspecified atom stereocenters. The van der Waals surface area contributed by atoms with Crippen LogP contribution in [0.4, 0.5) is 22.7 Å². The number of nitrogens with zero attached hydrogens (tertiary/aromatic N) is 3. The van der Waals surface area contributed by atoms with E-state index in [4.69, 9.17) is 16.6 Å². The fourth-order valence-corrected chi connectivity index (χ4v) is 3.46. The average molecular weight is 327 g/mol. The Bertz CT molecular complexity index is 766. The Morgan fingerprint density at radius 3 is 2.65 bits per heavy atom. The molecule has 0 radical (unpaired) electrons. The van der Waals surface area contributed by atoms with Crippen LogP contribution in [0.15, 0.2) is 41.4 Å². The van der Waals surface area contributed by atoms with Gasteiger partial charge < -0.3 is 15.1 Å². The van der Waals surface area contributed by atoms with Gasteiger partial charge in [-0.2, -0.15) is 0 Å². The summed E-state index contributed by atoms with van der Waals surface area (Å²) in [6.45, 7) is 4.08. The maximum Gasteiger partial charge on any atom is 0.0881 e. The second-order valence-corrected chi connectivity index (χ2v) is 6.33. The van der Waals surface area contributed by atoms with Gasteiger partial charge in [0.1, 0.15) is 0 Å². The van der Waals surface area contributed by atoms with E-state index in [1.165, 1.54) is 16.9 Å². The number of rotatable bonds is 1. The van der Waals surface area contributed by atoms with Crippen molar-refractivity contribution in [2.45, 2.75) is 0 Å². The first-order valence-electron chi connectivity index (χ1n) is 7.90. The number of hydrogen-bond acceptors (Lipinski definition) is 4. The maximum absolute atomic E-state index is 6.13. The third-order valence-electron chi connectivity index (χ3n) is 4.51. The third kappa shape index (κ3) is 2.58. The first kappa shape index (κ1) is 14.5. The highest BCUT2D eigenvalue weighted by Crippen LogP contribution is 2.40. The Labute approximate surface area is 141 Å². The normalized spacial score (nSPS) is 16.8. The third-order valence-corrected chi connectivity index (χ3v) is 4.75.